The first-order chi connectivity index (χ1) is 9.43. The normalized spacial score (nSPS) is 10.9. The molecule has 2 heteroatoms. The van der Waals surface area contributed by atoms with Crippen LogP contribution in [0.3, 0.4) is 0 Å². The second kappa shape index (κ2) is 5.74. The van der Waals surface area contributed by atoms with Gasteiger partial charge in [-0.15, -0.1) is 0 Å². The SMILES string of the molecule is CCn1c(C)cc(CNc2c(C)cc(C)cc2C)c1C. The molecule has 0 aliphatic heterocycles. The fourth-order valence-electron chi connectivity index (χ4n) is 3.18. The Labute approximate surface area is 122 Å². The minimum Gasteiger partial charge on any atom is -0.380 e. The Morgan fingerprint density at radius 1 is 0.950 bits per heavy atom. The molecule has 0 aliphatic carbocycles. The molecule has 0 bridgehead atoms. The van der Waals surface area contributed by atoms with Crippen LogP contribution in [-0.4, -0.2) is 4.57 Å². The number of rotatable bonds is 4. The molecule has 0 spiro atoms. The van der Waals surface area contributed by atoms with Crippen LogP contribution >= 0.6 is 0 Å². The van der Waals surface area contributed by atoms with Crippen LogP contribution in [0.25, 0.3) is 0 Å². The summed E-state index contributed by atoms with van der Waals surface area (Å²) in [6.07, 6.45) is 0. The third-order valence-corrected chi connectivity index (χ3v) is 4.13. The first-order valence-corrected chi connectivity index (χ1v) is 7.41. The monoisotopic (exact) mass is 270 g/mol. The van der Waals surface area contributed by atoms with E-state index >= 15 is 0 Å². The number of anilines is 1. The Bertz CT molecular complexity index is 598. The molecular weight excluding hydrogens is 244 g/mol. The summed E-state index contributed by atoms with van der Waals surface area (Å²) in [6.45, 7) is 15.0. The maximum absolute atomic E-state index is 3.62. The van der Waals surface area contributed by atoms with Gasteiger partial charge >= 0.3 is 0 Å². The quantitative estimate of drug-likeness (QED) is 0.855. The highest BCUT2D eigenvalue weighted by molar-refractivity contribution is 5.58. The number of benzene rings is 1. The Kier molecular flexibility index (Phi) is 4.22. The van der Waals surface area contributed by atoms with Crippen molar-refractivity contribution in [2.75, 3.05) is 5.32 Å². The summed E-state index contributed by atoms with van der Waals surface area (Å²) in [5, 5.41) is 3.62. The highest BCUT2D eigenvalue weighted by Crippen LogP contribution is 2.23. The molecule has 1 N–H and O–H groups in total. The smallest absolute Gasteiger partial charge is 0.0418 e. The molecule has 0 amide bonds. The van der Waals surface area contributed by atoms with E-state index in [1.54, 1.807) is 0 Å². The molecule has 2 rings (SSSR count). The molecule has 2 nitrogen and oxygen atoms in total. The summed E-state index contributed by atoms with van der Waals surface area (Å²) in [6, 6.07) is 6.78. The molecule has 0 atom stereocenters. The minimum atomic E-state index is 0.893. The lowest BCUT2D eigenvalue weighted by Crippen LogP contribution is -2.05. The molecule has 1 aromatic heterocycles. The molecule has 0 saturated heterocycles. The van der Waals surface area contributed by atoms with E-state index in [0.717, 1.165) is 13.1 Å². The van der Waals surface area contributed by atoms with E-state index < -0.39 is 0 Å². The predicted octanol–water partition coefficient (Wildman–Crippen LogP) is 4.66. The molecule has 0 saturated carbocycles. The van der Waals surface area contributed by atoms with Gasteiger partial charge in [-0.25, -0.2) is 0 Å². The van der Waals surface area contributed by atoms with Crippen molar-refractivity contribution in [3.8, 4) is 0 Å². The van der Waals surface area contributed by atoms with E-state index in [1.165, 1.54) is 39.3 Å². The van der Waals surface area contributed by atoms with Crippen molar-refractivity contribution in [2.24, 2.45) is 0 Å². The van der Waals surface area contributed by atoms with Crippen molar-refractivity contribution in [1.29, 1.82) is 0 Å². The van der Waals surface area contributed by atoms with Crippen LogP contribution < -0.4 is 5.32 Å². The highest BCUT2D eigenvalue weighted by atomic mass is 15.0. The Balaban J connectivity index is 2.21. The first-order valence-electron chi connectivity index (χ1n) is 7.41. The molecule has 2 aromatic rings. The highest BCUT2D eigenvalue weighted by Gasteiger charge is 2.09. The van der Waals surface area contributed by atoms with Crippen molar-refractivity contribution >= 4 is 5.69 Å². The summed E-state index contributed by atoms with van der Waals surface area (Å²) in [7, 11) is 0. The predicted molar refractivity (Wildman–Crippen MR) is 87.6 cm³/mol. The zero-order valence-electron chi connectivity index (χ0n) is 13.6. The largest absolute Gasteiger partial charge is 0.380 e. The van der Waals surface area contributed by atoms with Gasteiger partial charge in [0, 0.05) is 30.2 Å². The molecule has 1 aromatic carbocycles. The second-order valence-corrected chi connectivity index (χ2v) is 5.77. The average molecular weight is 270 g/mol. The molecule has 0 unspecified atom stereocenters. The third kappa shape index (κ3) is 2.74. The van der Waals surface area contributed by atoms with Gasteiger partial charge in [0.2, 0.25) is 0 Å². The van der Waals surface area contributed by atoms with Crippen LogP contribution in [-0.2, 0) is 13.1 Å². The van der Waals surface area contributed by atoms with E-state index in [0.29, 0.717) is 0 Å². The molecule has 1 heterocycles. The molecule has 0 fully saturated rings. The lowest BCUT2D eigenvalue weighted by molar-refractivity contribution is 0.715. The summed E-state index contributed by atoms with van der Waals surface area (Å²) >= 11 is 0. The van der Waals surface area contributed by atoms with E-state index in [9.17, 15) is 0 Å². The number of nitrogens with one attached hydrogen (secondary N) is 1. The third-order valence-electron chi connectivity index (χ3n) is 4.13. The Hall–Kier alpha value is -1.70. The standard InChI is InChI=1S/C18H26N2/c1-7-20-15(5)10-17(16(20)6)11-19-18-13(3)8-12(2)9-14(18)4/h8-10,19H,7,11H2,1-6H3. The van der Waals surface area contributed by atoms with E-state index in [2.05, 4.69) is 69.6 Å². The van der Waals surface area contributed by atoms with Crippen molar-refractivity contribution in [3.05, 3.63) is 51.8 Å². The van der Waals surface area contributed by atoms with Gasteiger partial charge in [-0.2, -0.15) is 0 Å². The number of aromatic nitrogens is 1. The van der Waals surface area contributed by atoms with Crippen LogP contribution in [0.2, 0.25) is 0 Å². The summed E-state index contributed by atoms with van der Waals surface area (Å²) in [5.41, 5.74) is 9.37. The van der Waals surface area contributed by atoms with Crippen LogP contribution in [0.5, 0.6) is 0 Å². The van der Waals surface area contributed by atoms with Gasteiger partial charge in [-0.1, -0.05) is 17.7 Å². The first kappa shape index (κ1) is 14.7. The number of nitrogens with zero attached hydrogens (tertiary/aromatic N) is 1. The number of aryl methyl sites for hydroxylation is 4. The fourth-order valence-corrected chi connectivity index (χ4v) is 3.18. The van der Waals surface area contributed by atoms with E-state index in [4.69, 9.17) is 0 Å². The zero-order valence-corrected chi connectivity index (χ0v) is 13.6. The minimum absolute atomic E-state index is 0.893. The fraction of sp³-hybridized carbons (Fsp3) is 0.444. The lowest BCUT2D eigenvalue weighted by Gasteiger charge is -2.14. The van der Waals surface area contributed by atoms with E-state index in [1.807, 2.05) is 0 Å². The molecule has 0 aliphatic rings. The van der Waals surface area contributed by atoms with Crippen molar-refractivity contribution in [3.63, 3.8) is 0 Å². The van der Waals surface area contributed by atoms with Crippen molar-refractivity contribution < 1.29 is 0 Å². The molecule has 0 radical (unpaired) electrons. The Morgan fingerprint density at radius 3 is 2.05 bits per heavy atom. The number of hydrogen-bond acceptors (Lipinski definition) is 1. The van der Waals surface area contributed by atoms with Gasteiger partial charge in [-0.3, -0.25) is 0 Å². The molecular formula is C18H26N2. The van der Waals surface area contributed by atoms with Crippen molar-refractivity contribution in [2.45, 2.75) is 54.6 Å². The number of hydrogen-bond donors (Lipinski definition) is 1. The van der Waals surface area contributed by atoms with Crippen LogP contribution in [0.4, 0.5) is 5.69 Å². The average Bonchev–Trinajstić information content (AvgIpc) is 2.62. The topological polar surface area (TPSA) is 17.0 Å². The van der Waals surface area contributed by atoms with Gasteiger partial charge < -0.3 is 9.88 Å². The maximum atomic E-state index is 3.62. The van der Waals surface area contributed by atoms with Gasteiger partial charge in [0.25, 0.3) is 0 Å². The van der Waals surface area contributed by atoms with Crippen molar-refractivity contribution in [1.82, 2.24) is 4.57 Å². The van der Waals surface area contributed by atoms with Crippen LogP contribution in [0.1, 0.15) is 40.6 Å². The summed E-state index contributed by atoms with van der Waals surface area (Å²) in [4.78, 5) is 0. The van der Waals surface area contributed by atoms with Gasteiger partial charge in [0.15, 0.2) is 0 Å². The van der Waals surface area contributed by atoms with Crippen LogP contribution in [0, 0.1) is 34.6 Å². The molecule has 108 valence electrons. The summed E-state index contributed by atoms with van der Waals surface area (Å²) in [5.74, 6) is 0. The lowest BCUT2D eigenvalue weighted by atomic mass is 10.0. The summed E-state index contributed by atoms with van der Waals surface area (Å²) < 4.78 is 2.37. The maximum Gasteiger partial charge on any atom is 0.0418 e. The van der Waals surface area contributed by atoms with Crippen LogP contribution in [0.15, 0.2) is 18.2 Å². The Morgan fingerprint density at radius 2 is 1.55 bits per heavy atom. The zero-order chi connectivity index (χ0) is 14.9. The second-order valence-electron chi connectivity index (χ2n) is 5.77. The van der Waals surface area contributed by atoms with E-state index in [-0.39, 0.29) is 0 Å². The molecule has 20 heavy (non-hydrogen) atoms. The van der Waals surface area contributed by atoms with Gasteiger partial charge in [0.1, 0.15) is 0 Å². The van der Waals surface area contributed by atoms with Gasteiger partial charge in [-0.05, 0) is 64.3 Å². The van der Waals surface area contributed by atoms with Gasteiger partial charge in [0.05, 0.1) is 0 Å².